The van der Waals surface area contributed by atoms with Crippen molar-refractivity contribution in [3.63, 3.8) is 0 Å². The topological polar surface area (TPSA) is 81.4 Å². The monoisotopic (exact) mass is 326 g/mol. The van der Waals surface area contributed by atoms with Gasteiger partial charge in [-0.25, -0.2) is 4.79 Å². The molecule has 0 saturated carbocycles. The zero-order valence-corrected chi connectivity index (χ0v) is 14.1. The summed E-state index contributed by atoms with van der Waals surface area (Å²) in [5.74, 6) is -0.520. The van der Waals surface area contributed by atoms with E-state index in [0.29, 0.717) is 23.5 Å². The van der Waals surface area contributed by atoms with Crippen LogP contribution in [0, 0.1) is 0 Å². The first-order valence-electron chi connectivity index (χ1n) is 7.79. The maximum Gasteiger partial charge on any atom is 0.338 e. The molecule has 0 radical (unpaired) electrons. The molecule has 0 bridgehead atoms. The first-order chi connectivity index (χ1) is 11.3. The van der Waals surface area contributed by atoms with E-state index in [4.69, 9.17) is 10.5 Å². The molecule has 24 heavy (non-hydrogen) atoms. The molecule has 0 aliphatic heterocycles. The standard InChI is InChI=1S/C19H22N2O3/c1-4-24-17(22)13-5-11-16(12-6-13)21-18(23)19(2,3)14-7-9-15(20)10-8-14/h5-12H,4,20H2,1-3H3,(H,21,23). The van der Waals surface area contributed by atoms with Gasteiger partial charge in [-0.3, -0.25) is 4.79 Å². The quantitative estimate of drug-likeness (QED) is 0.652. The van der Waals surface area contributed by atoms with E-state index < -0.39 is 5.41 Å². The molecule has 0 saturated heterocycles. The van der Waals surface area contributed by atoms with Crippen LogP contribution >= 0.6 is 0 Å². The van der Waals surface area contributed by atoms with Gasteiger partial charge in [0.2, 0.25) is 5.91 Å². The maximum atomic E-state index is 12.6. The highest BCUT2D eigenvalue weighted by atomic mass is 16.5. The SMILES string of the molecule is CCOC(=O)c1ccc(NC(=O)C(C)(C)c2ccc(N)cc2)cc1. The Kier molecular flexibility index (Phi) is 5.24. The number of carbonyl (C=O) groups is 2. The largest absolute Gasteiger partial charge is 0.462 e. The summed E-state index contributed by atoms with van der Waals surface area (Å²) in [4.78, 5) is 24.2. The molecule has 0 unspecified atom stereocenters. The van der Waals surface area contributed by atoms with E-state index in [0.717, 1.165) is 5.56 Å². The Morgan fingerprint density at radius 1 is 1.04 bits per heavy atom. The van der Waals surface area contributed by atoms with Gasteiger partial charge in [0.05, 0.1) is 17.6 Å². The molecule has 5 nitrogen and oxygen atoms in total. The first kappa shape index (κ1) is 17.5. The van der Waals surface area contributed by atoms with Crippen molar-refractivity contribution in [2.45, 2.75) is 26.2 Å². The normalized spacial score (nSPS) is 11.0. The molecule has 0 aromatic heterocycles. The average Bonchev–Trinajstić information content (AvgIpc) is 2.56. The van der Waals surface area contributed by atoms with Gasteiger partial charge in [0.25, 0.3) is 0 Å². The summed E-state index contributed by atoms with van der Waals surface area (Å²) in [6.07, 6.45) is 0. The fourth-order valence-electron chi connectivity index (χ4n) is 2.22. The van der Waals surface area contributed by atoms with Gasteiger partial charge in [-0.15, -0.1) is 0 Å². The summed E-state index contributed by atoms with van der Waals surface area (Å²) in [7, 11) is 0. The third-order valence-corrected chi connectivity index (χ3v) is 3.85. The number of benzene rings is 2. The number of amides is 1. The molecule has 0 aliphatic carbocycles. The number of nitrogen functional groups attached to an aromatic ring is 1. The Morgan fingerprint density at radius 3 is 2.17 bits per heavy atom. The van der Waals surface area contributed by atoms with Gasteiger partial charge in [-0.2, -0.15) is 0 Å². The van der Waals surface area contributed by atoms with Crippen LogP contribution in [0.1, 0.15) is 36.7 Å². The lowest BCUT2D eigenvalue weighted by Crippen LogP contribution is -2.34. The van der Waals surface area contributed by atoms with Gasteiger partial charge in [0, 0.05) is 11.4 Å². The summed E-state index contributed by atoms with van der Waals surface area (Å²) < 4.78 is 4.93. The summed E-state index contributed by atoms with van der Waals surface area (Å²) in [6, 6.07) is 13.9. The minimum absolute atomic E-state index is 0.142. The van der Waals surface area contributed by atoms with Crippen molar-refractivity contribution in [3.8, 4) is 0 Å². The summed E-state index contributed by atoms with van der Waals surface area (Å²) >= 11 is 0. The Labute approximate surface area is 141 Å². The number of nitrogens with two attached hydrogens (primary N) is 1. The van der Waals surface area contributed by atoms with Crippen LogP contribution in [0.25, 0.3) is 0 Å². The zero-order chi connectivity index (χ0) is 17.7. The second-order valence-electron chi connectivity index (χ2n) is 6.00. The van der Waals surface area contributed by atoms with Crippen LogP contribution in [-0.4, -0.2) is 18.5 Å². The van der Waals surface area contributed by atoms with Crippen molar-refractivity contribution in [1.29, 1.82) is 0 Å². The van der Waals surface area contributed by atoms with Gasteiger partial charge >= 0.3 is 5.97 Å². The number of nitrogens with one attached hydrogen (secondary N) is 1. The molecule has 0 atom stereocenters. The fraction of sp³-hybridized carbons (Fsp3) is 0.263. The molecular formula is C19H22N2O3. The average molecular weight is 326 g/mol. The van der Waals surface area contributed by atoms with Gasteiger partial charge in [-0.1, -0.05) is 12.1 Å². The number of carbonyl (C=O) groups excluding carboxylic acids is 2. The summed E-state index contributed by atoms with van der Waals surface area (Å²) in [5, 5.41) is 2.87. The lowest BCUT2D eigenvalue weighted by atomic mass is 9.83. The number of rotatable bonds is 5. The van der Waals surface area contributed by atoms with Crippen molar-refractivity contribution in [1.82, 2.24) is 0 Å². The van der Waals surface area contributed by atoms with Crippen molar-refractivity contribution in [2.75, 3.05) is 17.7 Å². The predicted molar refractivity (Wildman–Crippen MR) is 94.9 cm³/mol. The lowest BCUT2D eigenvalue weighted by Gasteiger charge is -2.24. The molecule has 2 aromatic carbocycles. The molecule has 2 rings (SSSR count). The van der Waals surface area contributed by atoms with E-state index in [9.17, 15) is 9.59 Å². The number of hydrogen-bond acceptors (Lipinski definition) is 4. The molecule has 0 fully saturated rings. The van der Waals surface area contributed by atoms with E-state index in [1.165, 1.54) is 0 Å². The van der Waals surface area contributed by atoms with Crippen LogP contribution in [0.2, 0.25) is 0 Å². The Balaban J connectivity index is 2.11. The fourth-order valence-corrected chi connectivity index (χ4v) is 2.22. The van der Waals surface area contributed by atoms with Crippen LogP contribution in [-0.2, 0) is 14.9 Å². The van der Waals surface area contributed by atoms with Crippen molar-refractivity contribution < 1.29 is 14.3 Å². The van der Waals surface area contributed by atoms with E-state index in [-0.39, 0.29) is 11.9 Å². The maximum absolute atomic E-state index is 12.6. The number of anilines is 2. The molecular weight excluding hydrogens is 304 g/mol. The second-order valence-corrected chi connectivity index (χ2v) is 6.00. The second kappa shape index (κ2) is 7.17. The third-order valence-electron chi connectivity index (χ3n) is 3.85. The van der Waals surface area contributed by atoms with Gasteiger partial charge in [0.15, 0.2) is 0 Å². The molecule has 0 heterocycles. The van der Waals surface area contributed by atoms with Gasteiger partial charge < -0.3 is 15.8 Å². The lowest BCUT2D eigenvalue weighted by molar-refractivity contribution is -0.120. The smallest absolute Gasteiger partial charge is 0.338 e. The third kappa shape index (κ3) is 3.93. The molecule has 3 N–H and O–H groups in total. The number of hydrogen-bond donors (Lipinski definition) is 2. The van der Waals surface area contributed by atoms with Crippen molar-refractivity contribution in [2.24, 2.45) is 0 Å². The highest BCUT2D eigenvalue weighted by Gasteiger charge is 2.29. The molecule has 0 aliphatic rings. The Hall–Kier alpha value is -2.82. The molecule has 1 amide bonds. The summed E-state index contributed by atoms with van der Waals surface area (Å²) in [6.45, 7) is 5.78. The molecule has 5 heteroatoms. The van der Waals surface area contributed by atoms with Crippen LogP contribution in [0.15, 0.2) is 48.5 Å². The minimum Gasteiger partial charge on any atom is -0.462 e. The minimum atomic E-state index is -0.715. The van der Waals surface area contributed by atoms with Crippen LogP contribution in [0.5, 0.6) is 0 Å². The first-order valence-corrected chi connectivity index (χ1v) is 7.79. The highest BCUT2D eigenvalue weighted by molar-refractivity contribution is 5.99. The Bertz CT molecular complexity index is 719. The van der Waals surface area contributed by atoms with E-state index >= 15 is 0 Å². The van der Waals surface area contributed by atoms with Crippen LogP contribution < -0.4 is 11.1 Å². The number of esters is 1. The van der Waals surface area contributed by atoms with E-state index in [2.05, 4.69) is 5.32 Å². The van der Waals surface area contributed by atoms with E-state index in [1.807, 2.05) is 26.0 Å². The van der Waals surface area contributed by atoms with Gasteiger partial charge in [-0.05, 0) is 62.7 Å². The zero-order valence-electron chi connectivity index (χ0n) is 14.1. The van der Waals surface area contributed by atoms with E-state index in [1.54, 1.807) is 43.3 Å². The molecule has 2 aromatic rings. The highest BCUT2D eigenvalue weighted by Crippen LogP contribution is 2.26. The predicted octanol–water partition coefficient (Wildman–Crippen LogP) is 3.36. The van der Waals surface area contributed by atoms with Crippen molar-refractivity contribution in [3.05, 3.63) is 59.7 Å². The van der Waals surface area contributed by atoms with Crippen LogP contribution in [0.3, 0.4) is 0 Å². The van der Waals surface area contributed by atoms with Gasteiger partial charge in [0.1, 0.15) is 0 Å². The molecule has 0 spiro atoms. The van der Waals surface area contributed by atoms with Crippen molar-refractivity contribution >= 4 is 23.3 Å². The Morgan fingerprint density at radius 2 is 1.62 bits per heavy atom. The number of ether oxygens (including phenoxy) is 1. The molecule has 126 valence electrons. The van der Waals surface area contributed by atoms with Crippen LogP contribution in [0.4, 0.5) is 11.4 Å². The summed E-state index contributed by atoms with van der Waals surface area (Å²) in [5.41, 5.74) is 7.58.